The second-order valence-corrected chi connectivity index (χ2v) is 7.87. The Morgan fingerprint density at radius 3 is 2.52 bits per heavy atom. The van der Waals surface area contributed by atoms with Crippen LogP contribution in [0.15, 0.2) is 57.7 Å². The summed E-state index contributed by atoms with van der Waals surface area (Å²) in [6.07, 6.45) is 0. The molecule has 0 N–H and O–H groups in total. The van der Waals surface area contributed by atoms with Gasteiger partial charge >= 0.3 is 5.63 Å². The van der Waals surface area contributed by atoms with E-state index in [4.69, 9.17) is 20.8 Å². The van der Waals surface area contributed by atoms with Crippen LogP contribution >= 0.6 is 11.6 Å². The maximum Gasteiger partial charge on any atom is 0.336 e. The van der Waals surface area contributed by atoms with Crippen molar-refractivity contribution in [1.82, 2.24) is 9.80 Å². The molecule has 0 spiro atoms. The highest BCUT2D eigenvalue weighted by atomic mass is 35.5. The molecular formula is C23H25ClN2O3. The maximum atomic E-state index is 12.0. The van der Waals surface area contributed by atoms with Crippen LogP contribution in [-0.4, -0.2) is 49.1 Å². The first-order valence-electron chi connectivity index (χ1n) is 9.94. The smallest absolute Gasteiger partial charge is 0.336 e. The topological polar surface area (TPSA) is 45.9 Å². The third-order valence-electron chi connectivity index (χ3n) is 5.39. The van der Waals surface area contributed by atoms with Gasteiger partial charge in [-0.3, -0.25) is 9.80 Å². The molecule has 1 saturated heterocycles. The number of benzene rings is 2. The molecule has 1 aliphatic rings. The van der Waals surface area contributed by atoms with Gasteiger partial charge in [-0.25, -0.2) is 4.79 Å². The molecule has 0 unspecified atom stereocenters. The number of hydrogen-bond donors (Lipinski definition) is 0. The van der Waals surface area contributed by atoms with Crippen molar-refractivity contribution in [3.05, 3.63) is 75.1 Å². The first-order valence-corrected chi connectivity index (χ1v) is 10.3. The van der Waals surface area contributed by atoms with Gasteiger partial charge in [0.25, 0.3) is 0 Å². The van der Waals surface area contributed by atoms with Crippen LogP contribution in [0.4, 0.5) is 0 Å². The zero-order valence-corrected chi connectivity index (χ0v) is 17.3. The number of piperazine rings is 1. The number of aryl methyl sites for hydroxylation is 1. The van der Waals surface area contributed by atoms with E-state index in [1.165, 1.54) is 0 Å². The van der Waals surface area contributed by atoms with E-state index in [1.54, 1.807) is 6.07 Å². The highest BCUT2D eigenvalue weighted by Crippen LogP contribution is 2.26. The number of para-hydroxylation sites is 1. The highest BCUT2D eigenvalue weighted by Gasteiger charge is 2.18. The van der Waals surface area contributed by atoms with Gasteiger partial charge in [0.2, 0.25) is 0 Å². The van der Waals surface area contributed by atoms with E-state index in [2.05, 4.69) is 9.80 Å². The average molecular weight is 413 g/mol. The van der Waals surface area contributed by atoms with Crippen LogP contribution in [0.1, 0.15) is 11.1 Å². The van der Waals surface area contributed by atoms with Crippen LogP contribution in [0, 0.1) is 6.92 Å². The van der Waals surface area contributed by atoms with E-state index >= 15 is 0 Å². The fourth-order valence-electron chi connectivity index (χ4n) is 3.70. The van der Waals surface area contributed by atoms with Gasteiger partial charge < -0.3 is 9.15 Å². The summed E-state index contributed by atoms with van der Waals surface area (Å²) in [6.45, 7) is 8.10. The Labute approximate surface area is 175 Å². The summed E-state index contributed by atoms with van der Waals surface area (Å²) in [5.41, 5.74) is 2.17. The average Bonchev–Trinajstić information content (AvgIpc) is 2.71. The Kier molecular flexibility index (Phi) is 6.19. The summed E-state index contributed by atoms with van der Waals surface area (Å²) >= 11 is 6.30. The van der Waals surface area contributed by atoms with Crippen molar-refractivity contribution in [2.75, 3.05) is 39.3 Å². The van der Waals surface area contributed by atoms with Crippen LogP contribution < -0.4 is 10.4 Å². The highest BCUT2D eigenvalue weighted by molar-refractivity contribution is 6.32. The number of ether oxygens (including phenoxy) is 1. The molecule has 1 aromatic heterocycles. The fourth-order valence-corrected chi connectivity index (χ4v) is 3.86. The van der Waals surface area contributed by atoms with Crippen molar-refractivity contribution in [3.8, 4) is 5.75 Å². The summed E-state index contributed by atoms with van der Waals surface area (Å²) in [5, 5.41) is 1.61. The molecule has 2 heterocycles. The van der Waals surface area contributed by atoms with Crippen molar-refractivity contribution >= 4 is 22.6 Å². The predicted octanol–water partition coefficient (Wildman–Crippen LogP) is 3.95. The van der Waals surface area contributed by atoms with Crippen LogP contribution in [-0.2, 0) is 6.54 Å². The molecule has 4 rings (SSSR count). The summed E-state index contributed by atoms with van der Waals surface area (Å²) in [7, 11) is 0. The first-order chi connectivity index (χ1) is 14.1. The minimum Gasteiger partial charge on any atom is -0.492 e. The lowest BCUT2D eigenvalue weighted by atomic mass is 10.1. The lowest BCUT2D eigenvalue weighted by Gasteiger charge is -2.34. The number of rotatable bonds is 6. The van der Waals surface area contributed by atoms with E-state index in [1.807, 2.05) is 49.4 Å². The fraction of sp³-hybridized carbons (Fsp3) is 0.348. The number of fused-ring (bicyclic) bond motifs is 1. The normalized spacial score (nSPS) is 15.7. The Morgan fingerprint density at radius 1 is 1.03 bits per heavy atom. The minimum atomic E-state index is -0.314. The van der Waals surface area contributed by atoms with Crippen molar-refractivity contribution in [2.45, 2.75) is 13.5 Å². The van der Waals surface area contributed by atoms with Crippen molar-refractivity contribution in [2.24, 2.45) is 0 Å². The van der Waals surface area contributed by atoms with Gasteiger partial charge in [-0.15, -0.1) is 0 Å². The maximum absolute atomic E-state index is 12.0. The molecule has 152 valence electrons. The van der Waals surface area contributed by atoms with E-state index < -0.39 is 0 Å². The van der Waals surface area contributed by atoms with Gasteiger partial charge in [-0.05, 0) is 42.3 Å². The lowest BCUT2D eigenvalue weighted by molar-refractivity contribution is 0.112. The van der Waals surface area contributed by atoms with Gasteiger partial charge in [0, 0.05) is 55.7 Å². The van der Waals surface area contributed by atoms with Gasteiger partial charge in [-0.2, -0.15) is 0 Å². The summed E-state index contributed by atoms with van der Waals surface area (Å²) < 4.78 is 11.2. The Bertz CT molecular complexity index is 1030. The molecule has 0 bridgehead atoms. The standard InChI is InChI=1S/C23H25ClN2O3/c1-17-13-22-20(15-21(17)24)18(14-23(27)29-22)16-26-9-7-25(8-10-26)11-12-28-19-5-3-2-4-6-19/h2-6,13-15H,7-12,16H2,1H3. The van der Waals surface area contributed by atoms with Crippen molar-refractivity contribution in [3.63, 3.8) is 0 Å². The third-order valence-corrected chi connectivity index (χ3v) is 5.79. The van der Waals surface area contributed by atoms with Crippen LogP contribution in [0.5, 0.6) is 5.75 Å². The zero-order valence-electron chi connectivity index (χ0n) is 16.6. The molecule has 29 heavy (non-hydrogen) atoms. The lowest BCUT2D eigenvalue weighted by Crippen LogP contribution is -2.47. The second-order valence-electron chi connectivity index (χ2n) is 7.47. The molecule has 0 radical (unpaired) electrons. The SMILES string of the molecule is Cc1cc2oc(=O)cc(CN3CCN(CCOc4ccccc4)CC3)c2cc1Cl. The monoisotopic (exact) mass is 412 g/mol. The third kappa shape index (κ3) is 4.99. The van der Waals surface area contributed by atoms with E-state index in [-0.39, 0.29) is 5.63 Å². The molecule has 6 heteroatoms. The molecule has 0 amide bonds. The minimum absolute atomic E-state index is 0.314. The molecule has 3 aromatic rings. The molecule has 5 nitrogen and oxygen atoms in total. The first kappa shape index (κ1) is 20.0. The summed E-state index contributed by atoms with van der Waals surface area (Å²) in [6, 6.07) is 15.2. The molecule has 2 aromatic carbocycles. The Morgan fingerprint density at radius 2 is 1.76 bits per heavy atom. The van der Waals surface area contributed by atoms with E-state index in [0.717, 1.165) is 61.5 Å². The van der Waals surface area contributed by atoms with Crippen molar-refractivity contribution < 1.29 is 9.15 Å². The Balaban J connectivity index is 1.34. The molecule has 1 aliphatic heterocycles. The van der Waals surface area contributed by atoms with Crippen LogP contribution in [0.3, 0.4) is 0 Å². The quantitative estimate of drug-likeness (QED) is 0.573. The van der Waals surface area contributed by atoms with Crippen molar-refractivity contribution in [1.29, 1.82) is 0 Å². The molecule has 0 saturated carbocycles. The zero-order chi connectivity index (χ0) is 20.2. The largest absolute Gasteiger partial charge is 0.492 e. The van der Waals surface area contributed by atoms with Gasteiger partial charge in [0.15, 0.2) is 0 Å². The van der Waals surface area contributed by atoms with E-state index in [0.29, 0.717) is 17.2 Å². The number of hydrogen-bond acceptors (Lipinski definition) is 5. The van der Waals surface area contributed by atoms with Gasteiger partial charge in [-0.1, -0.05) is 29.8 Å². The van der Waals surface area contributed by atoms with Gasteiger partial charge in [0.1, 0.15) is 17.9 Å². The van der Waals surface area contributed by atoms with Crippen LogP contribution in [0.2, 0.25) is 5.02 Å². The number of nitrogens with zero attached hydrogens (tertiary/aromatic N) is 2. The summed E-state index contributed by atoms with van der Waals surface area (Å²) in [4.78, 5) is 16.8. The number of halogens is 1. The molecule has 0 atom stereocenters. The second kappa shape index (κ2) is 8.99. The van der Waals surface area contributed by atoms with Gasteiger partial charge in [0.05, 0.1) is 0 Å². The van der Waals surface area contributed by atoms with E-state index in [9.17, 15) is 4.79 Å². The van der Waals surface area contributed by atoms with Crippen LogP contribution in [0.25, 0.3) is 11.0 Å². The Hall–Kier alpha value is -2.34. The predicted molar refractivity (Wildman–Crippen MR) is 116 cm³/mol. The molecule has 1 fully saturated rings. The molecular weight excluding hydrogens is 388 g/mol. The molecule has 0 aliphatic carbocycles. The summed E-state index contributed by atoms with van der Waals surface area (Å²) in [5.74, 6) is 0.912.